The highest BCUT2D eigenvalue weighted by Gasteiger charge is 2.47. The lowest BCUT2D eigenvalue weighted by atomic mass is 9.91. The smallest absolute Gasteiger partial charge is 0.338 e. The van der Waals surface area contributed by atoms with Gasteiger partial charge in [0.05, 0.1) is 13.2 Å². The average Bonchev–Trinajstić information content (AvgIpc) is 1.38. The van der Waals surface area contributed by atoms with Crippen LogP contribution in [0, 0.1) is 41.4 Å². The molecule has 1 aliphatic heterocycles. The van der Waals surface area contributed by atoms with Crippen molar-refractivity contribution in [3.05, 3.63) is 12.2 Å². The number of allylic oxidation sites excluding steroid dienone is 2. The molecule has 25 nitrogen and oxygen atoms in total. The van der Waals surface area contributed by atoms with Crippen molar-refractivity contribution < 1.29 is 67.4 Å². The van der Waals surface area contributed by atoms with E-state index in [1.165, 1.54) is 75.7 Å². The van der Waals surface area contributed by atoms with Crippen molar-refractivity contribution >= 4 is 70.9 Å². The van der Waals surface area contributed by atoms with Crippen molar-refractivity contribution in [2.24, 2.45) is 41.4 Å². The van der Waals surface area contributed by atoms with Gasteiger partial charge in [0, 0.05) is 49.3 Å². The highest BCUT2D eigenvalue weighted by molar-refractivity contribution is 6.07. The molecule has 0 bridgehead atoms. The predicted octanol–water partition coefficient (Wildman–Crippen LogP) is 2.42. The normalized spacial score (nSPS) is 27.2. The molecule has 0 aromatic carbocycles. The molecule has 1 fully saturated rings. The third-order valence-electron chi connectivity index (χ3n) is 16.5. The number of amides is 11. The molecule has 1 aliphatic rings. The van der Waals surface area contributed by atoms with E-state index >= 15 is 9.59 Å². The summed E-state index contributed by atoms with van der Waals surface area (Å²) in [5.74, 6) is -13.0. The van der Waals surface area contributed by atoms with E-state index in [0.29, 0.717) is 0 Å². The van der Waals surface area contributed by atoms with Crippen molar-refractivity contribution in [1.82, 2.24) is 55.6 Å². The Bertz CT molecular complexity index is 2470. The lowest BCUT2D eigenvalue weighted by Gasteiger charge is -2.41. The second kappa shape index (κ2) is 35.5. The second-order valence-electron chi connectivity index (χ2n) is 26.3. The van der Waals surface area contributed by atoms with E-state index in [4.69, 9.17) is 4.74 Å². The van der Waals surface area contributed by atoms with Gasteiger partial charge in [-0.15, -0.1) is 0 Å². The highest BCUT2D eigenvalue weighted by atomic mass is 16.5. The van der Waals surface area contributed by atoms with Crippen LogP contribution in [-0.4, -0.2) is 239 Å². The number of likely N-dealkylation sites (N-methyl/N-ethyl adjacent to an activating group) is 7. The minimum atomic E-state index is -2.04. The molecule has 0 aromatic heterocycles. The zero-order chi connectivity index (χ0) is 68.4. The number of esters is 1. The fourth-order valence-corrected chi connectivity index (χ4v) is 11.1. The summed E-state index contributed by atoms with van der Waals surface area (Å²) in [4.78, 5) is 183. The molecular formula is C63H111N11O14. The summed E-state index contributed by atoms with van der Waals surface area (Å²) < 4.78 is 5.07. The van der Waals surface area contributed by atoms with Crippen molar-refractivity contribution in [3.63, 3.8) is 0 Å². The van der Waals surface area contributed by atoms with Crippen LogP contribution < -0.4 is 21.3 Å². The van der Waals surface area contributed by atoms with E-state index in [1.807, 2.05) is 41.5 Å². The van der Waals surface area contributed by atoms with Crippen molar-refractivity contribution in [3.8, 4) is 0 Å². The quantitative estimate of drug-likeness (QED) is 0.0894. The third-order valence-corrected chi connectivity index (χ3v) is 16.5. The summed E-state index contributed by atoms with van der Waals surface area (Å²) in [7, 11) is 10.3. The van der Waals surface area contributed by atoms with Crippen molar-refractivity contribution in [2.45, 2.75) is 222 Å². The molecule has 25 heteroatoms. The second-order valence-corrected chi connectivity index (χ2v) is 26.3. The highest BCUT2D eigenvalue weighted by Crippen LogP contribution is 2.26. The zero-order valence-corrected chi connectivity index (χ0v) is 57.5. The average molecular weight is 1250 g/mol. The molecule has 11 amide bonds. The number of carbonyl (C=O) groups excluding carboxylic acids is 12. The Labute approximate surface area is 524 Å². The van der Waals surface area contributed by atoms with Gasteiger partial charge in [-0.1, -0.05) is 109 Å². The topological polar surface area (TPSA) is 305 Å². The summed E-state index contributed by atoms with van der Waals surface area (Å²) in [6.45, 7) is 28.9. The Morgan fingerprint density at radius 3 is 1.34 bits per heavy atom. The summed E-state index contributed by atoms with van der Waals surface area (Å²) in [6, 6.07) is -15.3. The molecule has 88 heavy (non-hydrogen) atoms. The van der Waals surface area contributed by atoms with E-state index < -0.39 is 167 Å². The first kappa shape index (κ1) is 79.4. The first-order valence-corrected chi connectivity index (χ1v) is 31.1. The lowest BCUT2D eigenvalue weighted by Crippen LogP contribution is -2.64. The Morgan fingerprint density at radius 1 is 0.477 bits per heavy atom. The Morgan fingerprint density at radius 2 is 0.898 bits per heavy atom. The van der Waals surface area contributed by atoms with Gasteiger partial charge in [0.1, 0.15) is 60.4 Å². The number of ether oxygens (including phenoxy) is 1. The maximum atomic E-state index is 15.2. The number of aliphatic hydroxyl groups excluding tert-OH is 1. The summed E-state index contributed by atoms with van der Waals surface area (Å²) in [5, 5.41) is 22.9. The van der Waals surface area contributed by atoms with Crippen molar-refractivity contribution in [1.29, 1.82) is 0 Å². The van der Waals surface area contributed by atoms with E-state index in [1.54, 1.807) is 74.5 Å². The first-order chi connectivity index (χ1) is 40.6. The third kappa shape index (κ3) is 20.7. The zero-order valence-electron chi connectivity index (χ0n) is 57.5. The van der Waals surface area contributed by atoms with Crippen LogP contribution in [0.2, 0.25) is 0 Å². The molecule has 0 saturated carbocycles. The molecule has 1 heterocycles. The molecule has 0 spiro atoms. The number of rotatable bonds is 15. The largest absolute Gasteiger partial charge is 0.467 e. The number of nitrogens with one attached hydrogen (secondary N) is 4. The molecule has 1 unspecified atom stereocenters. The van der Waals surface area contributed by atoms with E-state index in [0.717, 1.165) is 28.9 Å². The fourth-order valence-electron chi connectivity index (χ4n) is 11.1. The number of carbonyl (C=O) groups is 12. The lowest BCUT2D eigenvalue weighted by molar-refractivity contribution is -0.162. The number of nitrogens with zero attached hydrogens (tertiary/aromatic N) is 7. The van der Waals surface area contributed by atoms with Crippen LogP contribution in [0.4, 0.5) is 0 Å². The minimum Gasteiger partial charge on any atom is -0.467 e. The van der Waals surface area contributed by atoms with Crippen LogP contribution in [0.5, 0.6) is 0 Å². The van der Waals surface area contributed by atoms with Gasteiger partial charge in [-0.3, -0.25) is 52.7 Å². The van der Waals surface area contributed by atoms with Gasteiger partial charge in [-0.05, 0) is 94.3 Å². The first-order valence-electron chi connectivity index (χ1n) is 31.1. The van der Waals surface area contributed by atoms with E-state index in [-0.39, 0.29) is 49.9 Å². The minimum absolute atomic E-state index is 0.113. The van der Waals surface area contributed by atoms with Gasteiger partial charge in [0.15, 0.2) is 0 Å². The summed E-state index contributed by atoms with van der Waals surface area (Å²) in [6.07, 6.45) is 2.42. The van der Waals surface area contributed by atoms with Crippen molar-refractivity contribution in [2.75, 3.05) is 56.4 Å². The molecule has 0 aromatic rings. The van der Waals surface area contributed by atoms with Gasteiger partial charge < -0.3 is 65.4 Å². The van der Waals surface area contributed by atoms with Crippen LogP contribution in [0.3, 0.4) is 0 Å². The summed E-state index contributed by atoms with van der Waals surface area (Å²) in [5.41, 5.74) is 0. The molecular weight excluding hydrogens is 1130 g/mol. The Kier molecular flexibility index (Phi) is 32.0. The summed E-state index contributed by atoms with van der Waals surface area (Å²) >= 11 is 0. The molecule has 1 rings (SSSR count). The monoisotopic (exact) mass is 1250 g/mol. The standard InChI is InChI=1S/C63H111N11O14/c1-26-28-29-39(15)51(75)49-55(79)66-42(27-2)57(81)74(24)50(63(87)88-25)62(86)71(21)47(37(11)12)54(78)67-46(36(9)10)60(84)68(18)43(30-33(3)4)53(77)64-40(16)52(76)65-41(17)56(80)69(19)44(31-34(5)6)58(82)70(20)45(32-35(7)8)59(83)72(22)48(38(13)14)61(85)73(49)23/h26,28,33-51,75H,27,29-32H2,1-25H3,(H,64,77)(H,65,76)(H,66,79)(H,67,78)/t39-,40+,41-,42+,43+,44+,45+,46+,47+,48+,49+,50?,51-/m1/s1. The Hall–Kier alpha value is -6.66. The van der Waals surface area contributed by atoms with Crippen LogP contribution in [0.25, 0.3) is 0 Å². The van der Waals surface area contributed by atoms with Crippen LogP contribution in [0.1, 0.15) is 150 Å². The number of hydrogen-bond donors (Lipinski definition) is 5. The van der Waals surface area contributed by atoms with Gasteiger partial charge in [-0.2, -0.15) is 0 Å². The maximum absolute atomic E-state index is 15.2. The fraction of sp³-hybridized carbons (Fsp3) is 0.778. The molecule has 0 radical (unpaired) electrons. The number of hydrogen-bond acceptors (Lipinski definition) is 14. The van der Waals surface area contributed by atoms with E-state index in [9.17, 15) is 53.1 Å². The Balaban J connectivity index is 4.47. The maximum Gasteiger partial charge on any atom is 0.338 e. The number of methoxy groups -OCH3 is 1. The predicted molar refractivity (Wildman–Crippen MR) is 335 cm³/mol. The van der Waals surface area contributed by atoms with Crippen LogP contribution in [0.15, 0.2) is 12.2 Å². The van der Waals surface area contributed by atoms with Crippen LogP contribution >= 0.6 is 0 Å². The molecule has 13 atom stereocenters. The van der Waals surface area contributed by atoms with Gasteiger partial charge in [-0.25, -0.2) is 4.79 Å². The number of aliphatic hydroxyl groups is 1. The molecule has 0 aliphatic carbocycles. The SMILES string of the molecule is CC=CC[C@@H](C)[C@@H](O)[C@H]1C(=O)N[C@@H](CC)C(=O)N(C)C(C(=O)OC)C(=O)N(C)[C@@H](C(C)C)C(=O)N[C@@H](C(C)C)C(=O)N(C)[C@@H](CC(C)C)C(=O)N[C@@H](C)C(=O)N[C@H](C)C(=O)N(C)[C@@H](CC(C)C)C(=O)N(C)[C@@H](CC(C)C)C(=O)N(C)[C@@H](C(C)C)C(=O)N1C. The van der Waals surface area contributed by atoms with Gasteiger partial charge in [0.2, 0.25) is 65.1 Å². The molecule has 502 valence electrons. The van der Waals surface area contributed by atoms with Gasteiger partial charge >= 0.3 is 5.97 Å². The van der Waals surface area contributed by atoms with Crippen LogP contribution in [-0.2, 0) is 62.3 Å². The van der Waals surface area contributed by atoms with Gasteiger partial charge in [0.25, 0.3) is 5.91 Å². The van der Waals surface area contributed by atoms with E-state index in [2.05, 4.69) is 21.3 Å². The molecule has 1 saturated heterocycles. The molecule has 5 N–H and O–H groups in total.